The van der Waals surface area contributed by atoms with Crippen LogP contribution in [0.2, 0.25) is 0 Å². The van der Waals surface area contributed by atoms with Crippen molar-refractivity contribution in [1.29, 1.82) is 0 Å². The number of hydrogen-bond acceptors (Lipinski definition) is 4. The molecule has 1 N–H and O–H groups in total. The highest BCUT2D eigenvalue weighted by atomic mass is 19.1. The van der Waals surface area contributed by atoms with E-state index >= 15 is 0 Å². The predicted molar refractivity (Wildman–Crippen MR) is 95.2 cm³/mol. The quantitative estimate of drug-likeness (QED) is 0.794. The average Bonchev–Trinajstić information content (AvgIpc) is 2.93. The summed E-state index contributed by atoms with van der Waals surface area (Å²) in [6.07, 6.45) is 0.586. The Morgan fingerprint density at radius 2 is 1.93 bits per heavy atom. The lowest BCUT2D eigenvalue weighted by Crippen LogP contribution is -2.49. The molecule has 146 valence electrons. The lowest BCUT2D eigenvalue weighted by Gasteiger charge is -2.34. The van der Waals surface area contributed by atoms with Crippen molar-refractivity contribution in [3.63, 3.8) is 0 Å². The minimum Gasteiger partial charge on any atom is -0.370 e. The average molecular weight is 377 g/mol. The van der Waals surface area contributed by atoms with E-state index in [9.17, 15) is 18.8 Å². The van der Waals surface area contributed by atoms with E-state index in [1.165, 1.54) is 12.1 Å². The van der Waals surface area contributed by atoms with Gasteiger partial charge in [-0.15, -0.1) is 0 Å². The van der Waals surface area contributed by atoms with Gasteiger partial charge in [0.25, 0.3) is 5.91 Å². The summed E-state index contributed by atoms with van der Waals surface area (Å²) in [5, 5.41) is 2.72. The van der Waals surface area contributed by atoms with Crippen LogP contribution in [0.25, 0.3) is 0 Å². The fraction of sp³-hybridized carbons (Fsp3) is 0.526. The molecule has 4 amide bonds. The number of benzene rings is 1. The fourth-order valence-corrected chi connectivity index (χ4v) is 3.54. The molecule has 2 fully saturated rings. The Hall–Kier alpha value is -2.48. The summed E-state index contributed by atoms with van der Waals surface area (Å²) in [5.74, 6) is -0.998. The number of morpholine rings is 1. The molecular weight excluding hydrogens is 353 g/mol. The van der Waals surface area contributed by atoms with Crippen molar-refractivity contribution in [1.82, 2.24) is 15.1 Å². The molecule has 1 unspecified atom stereocenters. The van der Waals surface area contributed by atoms with Gasteiger partial charge in [0.2, 0.25) is 5.91 Å². The van der Waals surface area contributed by atoms with Gasteiger partial charge in [-0.25, -0.2) is 9.18 Å². The lowest BCUT2D eigenvalue weighted by molar-refractivity contribution is -0.143. The summed E-state index contributed by atoms with van der Waals surface area (Å²) < 4.78 is 18.8. The minimum absolute atomic E-state index is 0.289. The van der Waals surface area contributed by atoms with Gasteiger partial charge >= 0.3 is 6.03 Å². The minimum atomic E-state index is -0.918. The SMILES string of the molecule is CCC1(CC)NC(=O)N(CC(=O)N2CCOC(c3ccc(F)cc3)C2)C1=O. The largest absolute Gasteiger partial charge is 0.370 e. The fourth-order valence-electron chi connectivity index (χ4n) is 3.54. The summed E-state index contributed by atoms with van der Waals surface area (Å²) in [5.41, 5.74) is -0.140. The second-order valence-electron chi connectivity index (χ2n) is 6.86. The van der Waals surface area contributed by atoms with Gasteiger partial charge in [0, 0.05) is 6.54 Å². The van der Waals surface area contributed by atoms with Crippen molar-refractivity contribution in [2.24, 2.45) is 0 Å². The van der Waals surface area contributed by atoms with Crippen LogP contribution in [0.5, 0.6) is 0 Å². The number of amides is 4. The molecule has 3 rings (SSSR count). The maximum atomic E-state index is 13.1. The molecule has 0 saturated carbocycles. The van der Waals surface area contributed by atoms with Crippen LogP contribution in [0.4, 0.5) is 9.18 Å². The van der Waals surface area contributed by atoms with Crippen LogP contribution in [-0.2, 0) is 14.3 Å². The Labute approximate surface area is 157 Å². The maximum absolute atomic E-state index is 13.1. The maximum Gasteiger partial charge on any atom is 0.325 e. The number of rotatable bonds is 5. The highest BCUT2D eigenvalue weighted by molar-refractivity contribution is 6.09. The van der Waals surface area contributed by atoms with Crippen LogP contribution in [0, 0.1) is 5.82 Å². The molecule has 0 aliphatic carbocycles. The normalized spacial score (nSPS) is 22.1. The Balaban J connectivity index is 1.66. The van der Waals surface area contributed by atoms with Crippen LogP contribution >= 0.6 is 0 Å². The first kappa shape index (κ1) is 19.3. The van der Waals surface area contributed by atoms with Crippen LogP contribution in [0.15, 0.2) is 24.3 Å². The summed E-state index contributed by atoms with van der Waals surface area (Å²) in [7, 11) is 0. The number of nitrogens with zero attached hydrogens (tertiary/aromatic N) is 2. The number of carbonyl (C=O) groups is 3. The highest BCUT2D eigenvalue weighted by Crippen LogP contribution is 2.26. The van der Waals surface area contributed by atoms with Crippen molar-refractivity contribution in [3.05, 3.63) is 35.6 Å². The number of halogens is 1. The number of nitrogens with one attached hydrogen (secondary N) is 1. The standard InChI is InChI=1S/C19H24FN3O4/c1-3-19(4-2)17(25)23(18(26)21-19)12-16(24)22-9-10-27-15(11-22)13-5-7-14(20)8-6-13/h5-8,15H,3-4,9-12H2,1-2H3,(H,21,26). The van der Waals surface area contributed by atoms with Crippen LogP contribution < -0.4 is 5.32 Å². The van der Waals surface area contributed by atoms with Crippen molar-refractivity contribution in [2.45, 2.75) is 38.3 Å². The summed E-state index contributed by atoms with van der Waals surface area (Å²) in [6.45, 7) is 4.39. The second-order valence-corrected chi connectivity index (χ2v) is 6.86. The third kappa shape index (κ3) is 3.66. The Morgan fingerprint density at radius 3 is 2.52 bits per heavy atom. The highest BCUT2D eigenvalue weighted by Gasteiger charge is 2.49. The Kier molecular flexibility index (Phi) is 5.46. The molecule has 1 atom stereocenters. The summed E-state index contributed by atoms with van der Waals surface area (Å²) >= 11 is 0. The molecular formula is C19H24FN3O4. The molecule has 2 saturated heterocycles. The molecule has 27 heavy (non-hydrogen) atoms. The van der Waals surface area contributed by atoms with Gasteiger partial charge in [-0.05, 0) is 30.5 Å². The second kappa shape index (κ2) is 7.64. The van der Waals surface area contributed by atoms with Gasteiger partial charge in [0.1, 0.15) is 24.0 Å². The first-order valence-electron chi connectivity index (χ1n) is 9.19. The van der Waals surface area contributed by atoms with Crippen LogP contribution in [0.1, 0.15) is 38.4 Å². The van der Waals surface area contributed by atoms with Crippen molar-refractivity contribution < 1.29 is 23.5 Å². The molecule has 0 aromatic heterocycles. The monoisotopic (exact) mass is 377 g/mol. The van der Waals surface area contributed by atoms with Gasteiger partial charge in [-0.2, -0.15) is 0 Å². The van der Waals surface area contributed by atoms with Crippen LogP contribution in [0.3, 0.4) is 0 Å². The molecule has 7 nitrogen and oxygen atoms in total. The molecule has 0 bridgehead atoms. The van der Waals surface area contributed by atoms with E-state index in [0.29, 0.717) is 32.5 Å². The van der Waals surface area contributed by atoms with Crippen LogP contribution in [-0.4, -0.2) is 59.4 Å². The molecule has 0 spiro atoms. The predicted octanol–water partition coefficient (Wildman–Crippen LogP) is 1.84. The van der Waals surface area contributed by atoms with Gasteiger partial charge in [-0.3, -0.25) is 14.5 Å². The number of ether oxygens (including phenoxy) is 1. The Morgan fingerprint density at radius 1 is 1.26 bits per heavy atom. The third-order valence-electron chi connectivity index (χ3n) is 5.41. The summed E-state index contributed by atoms with van der Waals surface area (Å²) in [4.78, 5) is 40.1. The number of hydrogen-bond donors (Lipinski definition) is 1. The van der Waals surface area contributed by atoms with Gasteiger partial charge < -0.3 is 15.0 Å². The van der Waals surface area contributed by atoms with E-state index in [2.05, 4.69) is 5.32 Å². The first-order valence-corrected chi connectivity index (χ1v) is 9.19. The lowest BCUT2D eigenvalue weighted by atomic mass is 9.93. The van der Waals surface area contributed by atoms with Crippen molar-refractivity contribution in [3.8, 4) is 0 Å². The van der Waals surface area contributed by atoms with E-state index < -0.39 is 11.6 Å². The Bertz CT molecular complexity index is 733. The molecule has 1 aromatic carbocycles. The molecule has 2 aliphatic rings. The molecule has 8 heteroatoms. The molecule has 2 aliphatic heterocycles. The zero-order valence-electron chi connectivity index (χ0n) is 15.5. The van der Waals surface area contributed by atoms with E-state index in [4.69, 9.17) is 4.74 Å². The zero-order chi connectivity index (χ0) is 19.6. The number of urea groups is 1. The van der Waals surface area contributed by atoms with E-state index in [-0.39, 0.29) is 30.3 Å². The van der Waals surface area contributed by atoms with E-state index in [0.717, 1.165) is 10.5 Å². The first-order chi connectivity index (χ1) is 12.9. The van der Waals surface area contributed by atoms with E-state index in [1.54, 1.807) is 17.0 Å². The number of carbonyl (C=O) groups excluding carboxylic acids is 3. The third-order valence-corrected chi connectivity index (χ3v) is 5.41. The zero-order valence-corrected chi connectivity index (χ0v) is 15.5. The van der Waals surface area contributed by atoms with Gasteiger partial charge in [-0.1, -0.05) is 26.0 Å². The topological polar surface area (TPSA) is 79.0 Å². The van der Waals surface area contributed by atoms with Crippen molar-refractivity contribution >= 4 is 17.8 Å². The van der Waals surface area contributed by atoms with Gasteiger partial charge in [0.05, 0.1) is 13.2 Å². The van der Waals surface area contributed by atoms with Crippen molar-refractivity contribution in [2.75, 3.05) is 26.2 Å². The van der Waals surface area contributed by atoms with E-state index in [1.807, 2.05) is 13.8 Å². The molecule has 2 heterocycles. The summed E-state index contributed by atoms with van der Waals surface area (Å²) in [6, 6.07) is 5.43. The molecule has 0 radical (unpaired) electrons. The molecule has 1 aromatic rings. The van der Waals surface area contributed by atoms with Gasteiger partial charge in [0.15, 0.2) is 0 Å². The number of imide groups is 1. The smallest absolute Gasteiger partial charge is 0.325 e.